The largest absolute Gasteiger partial charge is 0.309 e. The van der Waals surface area contributed by atoms with Gasteiger partial charge >= 0.3 is 0 Å². The number of hydrogen-bond acceptors (Lipinski definition) is 1. The fourth-order valence-corrected chi connectivity index (χ4v) is 2.95. The average molecular weight is 177 g/mol. The molecule has 0 aromatic heterocycles. The molecule has 0 aliphatic rings. The van der Waals surface area contributed by atoms with Crippen LogP contribution in [-0.4, -0.2) is 25.9 Å². The molecule has 1 radical (unpaired) electrons. The highest BCUT2D eigenvalue weighted by molar-refractivity contribution is 7.08. The molecule has 0 saturated carbocycles. The Kier molecular flexibility index (Phi) is 6.08. The van der Waals surface area contributed by atoms with Crippen LogP contribution >= 0.6 is 11.1 Å². The Morgan fingerprint density at radius 2 is 1.90 bits per heavy atom. The number of halogens is 1. The molecule has 0 aliphatic carbocycles. The summed E-state index contributed by atoms with van der Waals surface area (Å²) in [7, 11) is -0.856. The predicted octanol–water partition coefficient (Wildman–Crippen LogP) is 2.17. The Labute approximate surface area is 70.1 Å². The smallest absolute Gasteiger partial charge is 0.279 e. The molecule has 0 aliphatic heterocycles. The lowest BCUT2D eigenvalue weighted by atomic mass is 10.7. The van der Waals surface area contributed by atoms with Gasteiger partial charge in [-0.15, -0.1) is 11.1 Å². The van der Waals surface area contributed by atoms with Crippen LogP contribution in [0.25, 0.3) is 0 Å². The Morgan fingerprint density at radius 3 is 2.20 bits per heavy atom. The van der Waals surface area contributed by atoms with E-state index in [4.69, 9.17) is 11.1 Å². The van der Waals surface area contributed by atoms with Crippen molar-refractivity contribution in [2.24, 2.45) is 0 Å². The SMILES string of the molecule is CC=C[Si](Cl)N(CC)CC. The second-order valence-electron chi connectivity index (χ2n) is 2.00. The van der Waals surface area contributed by atoms with Gasteiger partial charge in [0, 0.05) is 0 Å². The first kappa shape index (κ1) is 10.2. The minimum atomic E-state index is -0.856. The summed E-state index contributed by atoms with van der Waals surface area (Å²) >= 11 is 6.09. The van der Waals surface area contributed by atoms with Crippen molar-refractivity contribution in [1.29, 1.82) is 0 Å². The number of hydrogen-bond donors (Lipinski definition) is 0. The second kappa shape index (κ2) is 5.95. The molecule has 0 bridgehead atoms. The summed E-state index contributed by atoms with van der Waals surface area (Å²) in [6.07, 6.45) is 2.03. The molecule has 0 heterocycles. The molecule has 0 N–H and O–H groups in total. The lowest BCUT2D eigenvalue weighted by molar-refractivity contribution is 0.494. The van der Waals surface area contributed by atoms with Gasteiger partial charge in [0.15, 0.2) is 0 Å². The number of nitrogens with zero attached hydrogens (tertiary/aromatic N) is 1. The first-order chi connectivity index (χ1) is 4.76. The van der Waals surface area contributed by atoms with Crippen LogP contribution in [0.1, 0.15) is 20.8 Å². The van der Waals surface area contributed by atoms with Crippen LogP contribution in [0.2, 0.25) is 0 Å². The van der Waals surface area contributed by atoms with Gasteiger partial charge in [0.2, 0.25) is 0 Å². The second-order valence-corrected chi connectivity index (χ2v) is 4.77. The fourth-order valence-electron chi connectivity index (χ4n) is 0.769. The molecule has 1 nitrogen and oxygen atoms in total. The van der Waals surface area contributed by atoms with Gasteiger partial charge in [0.25, 0.3) is 8.27 Å². The van der Waals surface area contributed by atoms with Crippen LogP contribution in [0.3, 0.4) is 0 Å². The zero-order valence-electron chi connectivity index (χ0n) is 6.89. The first-order valence-electron chi connectivity index (χ1n) is 3.66. The lowest BCUT2D eigenvalue weighted by Crippen LogP contribution is -2.33. The minimum Gasteiger partial charge on any atom is -0.309 e. The molecule has 0 aromatic rings. The van der Waals surface area contributed by atoms with E-state index >= 15 is 0 Å². The van der Waals surface area contributed by atoms with E-state index < -0.39 is 8.27 Å². The van der Waals surface area contributed by atoms with Gasteiger partial charge in [0.05, 0.1) is 0 Å². The van der Waals surface area contributed by atoms with E-state index in [1.165, 1.54) is 0 Å². The van der Waals surface area contributed by atoms with E-state index in [0.717, 1.165) is 13.1 Å². The Morgan fingerprint density at radius 1 is 1.40 bits per heavy atom. The van der Waals surface area contributed by atoms with Crippen LogP contribution in [-0.2, 0) is 0 Å². The van der Waals surface area contributed by atoms with Crippen molar-refractivity contribution in [2.75, 3.05) is 13.1 Å². The van der Waals surface area contributed by atoms with Gasteiger partial charge in [-0.3, -0.25) is 0 Å². The van der Waals surface area contributed by atoms with E-state index in [-0.39, 0.29) is 0 Å². The molecule has 10 heavy (non-hydrogen) atoms. The predicted molar refractivity (Wildman–Crippen MR) is 49.3 cm³/mol. The van der Waals surface area contributed by atoms with Crippen molar-refractivity contribution in [3.8, 4) is 0 Å². The summed E-state index contributed by atoms with van der Waals surface area (Å²) in [6, 6.07) is 0. The maximum Gasteiger partial charge on any atom is 0.279 e. The molecule has 0 atom stereocenters. The Balaban J connectivity index is 3.75. The van der Waals surface area contributed by atoms with Gasteiger partial charge in [-0.25, -0.2) is 0 Å². The standard InChI is InChI=1S/C7H15ClNSi/c1-4-7-10(8)9(5-2)6-3/h4,7H,5-6H2,1-3H3. The van der Waals surface area contributed by atoms with E-state index in [2.05, 4.69) is 24.1 Å². The van der Waals surface area contributed by atoms with Crippen molar-refractivity contribution in [2.45, 2.75) is 20.8 Å². The summed E-state index contributed by atoms with van der Waals surface area (Å²) in [6.45, 7) is 8.40. The number of allylic oxidation sites excluding steroid dienone is 1. The van der Waals surface area contributed by atoms with Crippen LogP contribution in [0.4, 0.5) is 0 Å². The third-order valence-electron chi connectivity index (χ3n) is 1.37. The molecule has 0 spiro atoms. The molecular formula is C7H15ClNSi. The van der Waals surface area contributed by atoms with Crippen molar-refractivity contribution >= 4 is 19.3 Å². The minimum absolute atomic E-state index is 0.856. The molecule has 3 heteroatoms. The highest BCUT2D eigenvalue weighted by Gasteiger charge is 2.10. The highest BCUT2D eigenvalue weighted by atomic mass is 35.6. The molecule has 0 rings (SSSR count). The van der Waals surface area contributed by atoms with Crippen LogP contribution in [0.5, 0.6) is 0 Å². The molecule has 0 amide bonds. The summed E-state index contributed by atoms with van der Waals surface area (Å²) in [5.41, 5.74) is 2.10. The van der Waals surface area contributed by atoms with Crippen molar-refractivity contribution in [1.82, 2.24) is 4.57 Å². The first-order valence-corrected chi connectivity index (χ1v) is 6.20. The van der Waals surface area contributed by atoms with E-state index in [0.29, 0.717) is 0 Å². The zero-order chi connectivity index (χ0) is 7.98. The monoisotopic (exact) mass is 176 g/mol. The van der Waals surface area contributed by atoms with Gasteiger partial charge in [0.1, 0.15) is 0 Å². The molecule has 0 saturated heterocycles. The van der Waals surface area contributed by atoms with E-state index in [1.54, 1.807) is 0 Å². The van der Waals surface area contributed by atoms with Gasteiger partial charge in [-0.05, 0) is 20.0 Å². The fraction of sp³-hybridized carbons (Fsp3) is 0.714. The molecule has 0 unspecified atom stereocenters. The molecule has 59 valence electrons. The van der Waals surface area contributed by atoms with E-state index in [9.17, 15) is 0 Å². The Bertz CT molecular complexity index is 102. The van der Waals surface area contributed by atoms with Gasteiger partial charge in [-0.1, -0.05) is 25.6 Å². The summed E-state index contributed by atoms with van der Waals surface area (Å²) in [5, 5.41) is 0. The third kappa shape index (κ3) is 3.39. The third-order valence-corrected chi connectivity index (χ3v) is 4.31. The number of rotatable bonds is 4. The highest BCUT2D eigenvalue weighted by Crippen LogP contribution is 2.00. The maximum absolute atomic E-state index is 6.09. The zero-order valence-corrected chi connectivity index (χ0v) is 8.65. The van der Waals surface area contributed by atoms with Crippen LogP contribution in [0.15, 0.2) is 11.8 Å². The average Bonchev–Trinajstić information content (AvgIpc) is 1.91. The van der Waals surface area contributed by atoms with Gasteiger partial charge < -0.3 is 4.57 Å². The van der Waals surface area contributed by atoms with Crippen molar-refractivity contribution < 1.29 is 0 Å². The van der Waals surface area contributed by atoms with Gasteiger partial charge in [-0.2, -0.15) is 0 Å². The maximum atomic E-state index is 6.09. The Hall–Kier alpha value is 0.207. The van der Waals surface area contributed by atoms with Crippen molar-refractivity contribution in [3.05, 3.63) is 11.8 Å². The lowest BCUT2D eigenvalue weighted by Gasteiger charge is -2.18. The van der Waals surface area contributed by atoms with Crippen LogP contribution in [0, 0.1) is 0 Å². The summed E-state index contributed by atoms with van der Waals surface area (Å²) < 4.78 is 2.28. The molecule has 0 aromatic carbocycles. The summed E-state index contributed by atoms with van der Waals surface area (Å²) in [5.74, 6) is 0. The topological polar surface area (TPSA) is 3.24 Å². The van der Waals surface area contributed by atoms with Crippen molar-refractivity contribution in [3.63, 3.8) is 0 Å². The van der Waals surface area contributed by atoms with E-state index in [1.807, 2.05) is 13.0 Å². The van der Waals surface area contributed by atoms with Crippen LogP contribution < -0.4 is 0 Å². The molecule has 0 fully saturated rings. The summed E-state index contributed by atoms with van der Waals surface area (Å²) in [4.78, 5) is 0. The normalized spacial score (nSPS) is 12.2. The molecular weight excluding hydrogens is 162 g/mol. The quantitative estimate of drug-likeness (QED) is 0.469.